The van der Waals surface area contributed by atoms with Gasteiger partial charge in [0.25, 0.3) is 0 Å². The quantitative estimate of drug-likeness (QED) is 0.414. The number of Topliss-reactive ketones (excluding diaryl/α,β-unsaturated/α-hetero) is 1. The Morgan fingerprint density at radius 3 is 2.20 bits per heavy atom. The molecule has 0 saturated heterocycles. The Morgan fingerprint density at radius 1 is 0.933 bits per heavy atom. The second kappa shape index (κ2) is 8.25. The standard InChI is InChI=1S/C25H21NO4/c1-30-19-12-10-17(11-13-19)16-6-8-18(9-7-16)24(27)14-21(25(28)29)22-15-26-23-5-3-2-4-20(22)23/h2-13,15,21,26H,14H2,1H3,(H,28,29). The highest BCUT2D eigenvalue weighted by Gasteiger charge is 2.26. The summed E-state index contributed by atoms with van der Waals surface area (Å²) in [7, 11) is 1.62. The molecule has 0 saturated carbocycles. The molecule has 0 radical (unpaired) electrons. The molecule has 1 unspecified atom stereocenters. The molecule has 0 aliphatic carbocycles. The van der Waals surface area contributed by atoms with Crippen LogP contribution in [0.15, 0.2) is 79.0 Å². The van der Waals surface area contributed by atoms with Gasteiger partial charge in [0.05, 0.1) is 13.0 Å². The summed E-state index contributed by atoms with van der Waals surface area (Å²) >= 11 is 0. The van der Waals surface area contributed by atoms with E-state index in [0.717, 1.165) is 27.8 Å². The number of rotatable bonds is 7. The number of para-hydroxylation sites is 1. The molecule has 5 nitrogen and oxygen atoms in total. The summed E-state index contributed by atoms with van der Waals surface area (Å²) in [6, 6.07) is 22.4. The molecule has 2 N–H and O–H groups in total. The van der Waals surface area contributed by atoms with Crippen molar-refractivity contribution in [3.05, 3.63) is 90.1 Å². The van der Waals surface area contributed by atoms with E-state index in [-0.39, 0.29) is 12.2 Å². The van der Waals surface area contributed by atoms with E-state index in [1.165, 1.54) is 0 Å². The molecule has 0 fully saturated rings. The topological polar surface area (TPSA) is 79.4 Å². The van der Waals surface area contributed by atoms with E-state index in [0.29, 0.717) is 11.1 Å². The molecule has 4 aromatic rings. The van der Waals surface area contributed by atoms with Gasteiger partial charge in [-0.15, -0.1) is 0 Å². The van der Waals surface area contributed by atoms with Crippen molar-refractivity contribution in [2.45, 2.75) is 12.3 Å². The van der Waals surface area contributed by atoms with Crippen molar-refractivity contribution in [2.75, 3.05) is 7.11 Å². The number of aromatic amines is 1. The Bertz CT molecular complexity index is 1190. The normalized spacial score (nSPS) is 11.9. The van der Waals surface area contributed by atoms with Crippen LogP contribution < -0.4 is 4.74 Å². The smallest absolute Gasteiger partial charge is 0.311 e. The highest BCUT2D eigenvalue weighted by Crippen LogP contribution is 2.30. The predicted octanol–water partition coefficient (Wildman–Crippen LogP) is 5.28. The minimum absolute atomic E-state index is 0.0982. The molecular formula is C25H21NO4. The van der Waals surface area contributed by atoms with E-state index < -0.39 is 11.9 Å². The number of hydrogen-bond donors (Lipinski definition) is 2. The number of aromatic nitrogens is 1. The van der Waals surface area contributed by atoms with Crippen molar-refractivity contribution in [3.63, 3.8) is 0 Å². The van der Waals surface area contributed by atoms with Crippen LogP contribution in [0.5, 0.6) is 5.75 Å². The Hall–Kier alpha value is -3.86. The lowest BCUT2D eigenvalue weighted by Gasteiger charge is -2.11. The molecule has 0 spiro atoms. The molecule has 0 bridgehead atoms. The largest absolute Gasteiger partial charge is 0.497 e. The number of carbonyl (C=O) groups excluding carboxylic acids is 1. The summed E-state index contributed by atoms with van der Waals surface area (Å²) in [4.78, 5) is 27.8. The van der Waals surface area contributed by atoms with Gasteiger partial charge < -0.3 is 14.8 Å². The maximum absolute atomic E-state index is 12.8. The molecule has 0 aliphatic heterocycles. The third-order valence-electron chi connectivity index (χ3n) is 5.31. The summed E-state index contributed by atoms with van der Waals surface area (Å²) in [6.45, 7) is 0. The van der Waals surface area contributed by atoms with Gasteiger partial charge in [-0.3, -0.25) is 9.59 Å². The van der Waals surface area contributed by atoms with Gasteiger partial charge in [-0.05, 0) is 34.9 Å². The average Bonchev–Trinajstić information content (AvgIpc) is 3.21. The van der Waals surface area contributed by atoms with Crippen LogP contribution in [0.2, 0.25) is 0 Å². The van der Waals surface area contributed by atoms with E-state index in [9.17, 15) is 14.7 Å². The van der Waals surface area contributed by atoms with Crippen molar-refractivity contribution in [2.24, 2.45) is 0 Å². The number of ether oxygens (including phenoxy) is 1. The molecular weight excluding hydrogens is 378 g/mol. The molecule has 150 valence electrons. The fourth-order valence-corrected chi connectivity index (χ4v) is 3.65. The second-order valence-corrected chi connectivity index (χ2v) is 7.11. The zero-order valence-electron chi connectivity index (χ0n) is 16.5. The van der Waals surface area contributed by atoms with Crippen LogP contribution in [-0.4, -0.2) is 29.0 Å². The van der Waals surface area contributed by atoms with Gasteiger partial charge in [-0.25, -0.2) is 0 Å². The predicted molar refractivity (Wildman–Crippen MR) is 116 cm³/mol. The van der Waals surface area contributed by atoms with Gasteiger partial charge >= 0.3 is 5.97 Å². The number of aliphatic carboxylic acids is 1. The van der Waals surface area contributed by atoms with Crippen molar-refractivity contribution >= 4 is 22.7 Å². The zero-order chi connectivity index (χ0) is 21.1. The number of ketones is 1. The number of H-pyrrole nitrogens is 1. The van der Waals surface area contributed by atoms with E-state index in [1.54, 1.807) is 25.4 Å². The lowest BCUT2D eigenvalue weighted by Crippen LogP contribution is -2.16. The van der Waals surface area contributed by atoms with Gasteiger partial charge in [-0.2, -0.15) is 0 Å². The third kappa shape index (κ3) is 3.82. The van der Waals surface area contributed by atoms with Gasteiger partial charge in [0.1, 0.15) is 5.75 Å². The molecule has 30 heavy (non-hydrogen) atoms. The van der Waals surface area contributed by atoms with Crippen molar-refractivity contribution in [3.8, 4) is 16.9 Å². The van der Waals surface area contributed by atoms with Gasteiger partial charge in [0.15, 0.2) is 5.78 Å². The number of methoxy groups -OCH3 is 1. The number of hydrogen-bond acceptors (Lipinski definition) is 3. The number of carboxylic acids is 1. The second-order valence-electron chi connectivity index (χ2n) is 7.11. The minimum Gasteiger partial charge on any atom is -0.497 e. The number of carboxylic acid groups (broad SMARTS) is 1. The fraction of sp³-hybridized carbons (Fsp3) is 0.120. The fourth-order valence-electron chi connectivity index (χ4n) is 3.65. The van der Waals surface area contributed by atoms with Crippen molar-refractivity contribution < 1.29 is 19.4 Å². The summed E-state index contributed by atoms with van der Waals surface area (Å²) in [5, 5.41) is 10.6. The first-order valence-electron chi connectivity index (χ1n) is 9.63. The first-order valence-corrected chi connectivity index (χ1v) is 9.63. The lowest BCUT2D eigenvalue weighted by molar-refractivity contribution is -0.138. The summed E-state index contributed by atoms with van der Waals surface area (Å²) in [5.41, 5.74) is 3.97. The molecule has 0 amide bonds. The number of benzene rings is 3. The molecule has 1 heterocycles. The first kappa shape index (κ1) is 19.5. The summed E-state index contributed by atoms with van der Waals surface area (Å²) in [5.74, 6) is -1.34. The van der Waals surface area contributed by atoms with E-state index in [2.05, 4.69) is 4.98 Å². The number of fused-ring (bicyclic) bond motifs is 1. The van der Waals surface area contributed by atoms with Gasteiger partial charge in [-0.1, -0.05) is 54.6 Å². The van der Waals surface area contributed by atoms with Crippen LogP contribution in [0.4, 0.5) is 0 Å². The molecule has 5 heteroatoms. The van der Waals surface area contributed by atoms with Crippen LogP contribution in [0.1, 0.15) is 28.3 Å². The van der Waals surface area contributed by atoms with Crippen molar-refractivity contribution in [1.29, 1.82) is 0 Å². The monoisotopic (exact) mass is 399 g/mol. The van der Waals surface area contributed by atoms with Crippen LogP contribution in [0.3, 0.4) is 0 Å². The Morgan fingerprint density at radius 2 is 1.57 bits per heavy atom. The maximum Gasteiger partial charge on any atom is 0.311 e. The van der Waals surface area contributed by atoms with Gasteiger partial charge in [0.2, 0.25) is 0 Å². The van der Waals surface area contributed by atoms with Crippen LogP contribution in [0.25, 0.3) is 22.0 Å². The van der Waals surface area contributed by atoms with Crippen molar-refractivity contribution in [1.82, 2.24) is 4.98 Å². The van der Waals surface area contributed by atoms with Crippen LogP contribution in [-0.2, 0) is 4.79 Å². The third-order valence-corrected chi connectivity index (χ3v) is 5.31. The first-order chi connectivity index (χ1) is 14.6. The molecule has 1 aromatic heterocycles. The Balaban J connectivity index is 1.55. The SMILES string of the molecule is COc1ccc(-c2ccc(C(=O)CC(C(=O)O)c3c[nH]c4ccccc34)cc2)cc1. The number of nitrogens with one attached hydrogen (secondary N) is 1. The number of carbonyl (C=O) groups is 2. The van der Waals surface area contributed by atoms with Gasteiger partial charge in [0, 0.05) is 29.1 Å². The highest BCUT2D eigenvalue weighted by atomic mass is 16.5. The molecule has 3 aromatic carbocycles. The Kier molecular flexibility index (Phi) is 5.35. The lowest BCUT2D eigenvalue weighted by atomic mass is 9.91. The zero-order valence-corrected chi connectivity index (χ0v) is 16.5. The molecule has 1 atom stereocenters. The molecule has 0 aliphatic rings. The molecule has 4 rings (SSSR count). The average molecular weight is 399 g/mol. The highest BCUT2D eigenvalue weighted by molar-refractivity contribution is 6.00. The summed E-state index contributed by atoms with van der Waals surface area (Å²) < 4.78 is 5.17. The van der Waals surface area contributed by atoms with E-state index in [4.69, 9.17) is 4.74 Å². The van der Waals surface area contributed by atoms with Crippen LogP contribution >= 0.6 is 0 Å². The summed E-state index contributed by atoms with van der Waals surface area (Å²) in [6.07, 6.45) is 1.59. The maximum atomic E-state index is 12.8. The van der Waals surface area contributed by atoms with E-state index in [1.807, 2.05) is 60.7 Å². The minimum atomic E-state index is -1.01. The van der Waals surface area contributed by atoms with Crippen LogP contribution in [0, 0.1) is 0 Å². The Labute approximate surface area is 173 Å². The van der Waals surface area contributed by atoms with E-state index >= 15 is 0 Å².